The van der Waals surface area contributed by atoms with Crippen LogP contribution < -0.4 is 5.32 Å². The van der Waals surface area contributed by atoms with Crippen molar-refractivity contribution in [2.24, 2.45) is 0 Å². The van der Waals surface area contributed by atoms with Gasteiger partial charge in [-0.2, -0.15) is 0 Å². The topological polar surface area (TPSA) is 33.1 Å². The van der Waals surface area contributed by atoms with Gasteiger partial charge in [0.1, 0.15) is 0 Å². The SMILES string of the molecule is CC(C)(C)NCc1cncn1C1CCN(C2CC2)C1. The second-order valence-corrected chi connectivity index (χ2v) is 7.06. The Labute approximate surface area is 116 Å². The molecule has 1 saturated heterocycles. The number of aromatic nitrogens is 2. The van der Waals surface area contributed by atoms with Crippen LogP contribution in [0.4, 0.5) is 0 Å². The van der Waals surface area contributed by atoms with E-state index >= 15 is 0 Å². The van der Waals surface area contributed by atoms with Crippen LogP contribution >= 0.6 is 0 Å². The van der Waals surface area contributed by atoms with E-state index in [9.17, 15) is 0 Å². The van der Waals surface area contributed by atoms with E-state index in [0.29, 0.717) is 6.04 Å². The Morgan fingerprint density at radius 1 is 1.26 bits per heavy atom. The molecule has 2 aliphatic rings. The highest BCUT2D eigenvalue weighted by atomic mass is 15.3. The number of nitrogens with zero attached hydrogens (tertiary/aromatic N) is 3. The lowest BCUT2D eigenvalue weighted by Crippen LogP contribution is -2.36. The van der Waals surface area contributed by atoms with Crippen LogP contribution in [0.1, 0.15) is 51.8 Å². The summed E-state index contributed by atoms with van der Waals surface area (Å²) in [4.78, 5) is 7.02. The lowest BCUT2D eigenvalue weighted by Gasteiger charge is -2.22. The summed E-state index contributed by atoms with van der Waals surface area (Å²) in [7, 11) is 0. The maximum atomic E-state index is 4.36. The molecule has 2 fully saturated rings. The molecule has 3 rings (SSSR count). The van der Waals surface area contributed by atoms with Gasteiger partial charge in [0.2, 0.25) is 0 Å². The number of hydrogen-bond acceptors (Lipinski definition) is 3. The van der Waals surface area contributed by atoms with Crippen molar-refractivity contribution >= 4 is 0 Å². The third-order valence-corrected chi connectivity index (χ3v) is 4.20. The maximum Gasteiger partial charge on any atom is 0.0951 e. The molecule has 1 unspecified atom stereocenters. The second kappa shape index (κ2) is 4.91. The predicted molar refractivity (Wildman–Crippen MR) is 77.1 cm³/mol. The third kappa shape index (κ3) is 3.18. The minimum atomic E-state index is 0.158. The van der Waals surface area contributed by atoms with Gasteiger partial charge in [-0.3, -0.25) is 4.90 Å². The molecular formula is C15H26N4. The fourth-order valence-electron chi connectivity index (χ4n) is 2.92. The number of nitrogens with one attached hydrogen (secondary N) is 1. The van der Waals surface area contributed by atoms with Crippen LogP contribution in [0.5, 0.6) is 0 Å². The first-order chi connectivity index (χ1) is 9.03. The zero-order chi connectivity index (χ0) is 13.5. The quantitative estimate of drug-likeness (QED) is 0.903. The van der Waals surface area contributed by atoms with Gasteiger partial charge in [0, 0.05) is 43.5 Å². The van der Waals surface area contributed by atoms with E-state index in [2.05, 4.69) is 40.5 Å². The molecular weight excluding hydrogens is 236 g/mol. The molecule has 1 aromatic rings. The van der Waals surface area contributed by atoms with Crippen LogP contribution in [0.15, 0.2) is 12.5 Å². The molecule has 2 heterocycles. The van der Waals surface area contributed by atoms with E-state index in [4.69, 9.17) is 0 Å². The second-order valence-electron chi connectivity index (χ2n) is 7.06. The Balaban J connectivity index is 1.63. The average molecular weight is 262 g/mol. The van der Waals surface area contributed by atoms with Crippen molar-refractivity contribution in [1.29, 1.82) is 0 Å². The van der Waals surface area contributed by atoms with Gasteiger partial charge in [0.15, 0.2) is 0 Å². The van der Waals surface area contributed by atoms with Gasteiger partial charge in [-0.15, -0.1) is 0 Å². The zero-order valence-corrected chi connectivity index (χ0v) is 12.4. The molecule has 0 aromatic carbocycles. The minimum Gasteiger partial charge on any atom is -0.329 e. The zero-order valence-electron chi connectivity index (χ0n) is 12.4. The van der Waals surface area contributed by atoms with Crippen LogP contribution in [-0.2, 0) is 6.54 Å². The molecule has 0 spiro atoms. The maximum absolute atomic E-state index is 4.36. The number of imidazole rings is 1. The van der Waals surface area contributed by atoms with Gasteiger partial charge >= 0.3 is 0 Å². The van der Waals surface area contributed by atoms with Crippen LogP contribution in [0, 0.1) is 0 Å². The van der Waals surface area contributed by atoms with E-state index < -0.39 is 0 Å². The fraction of sp³-hybridized carbons (Fsp3) is 0.800. The Kier molecular flexibility index (Phi) is 3.39. The van der Waals surface area contributed by atoms with Crippen molar-refractivity contribution in [2.75, 3.05) is 13.1 Å². The largest absolute Gasteiger partial charge is 0.329 e. The molecule has 106 valence electrons. The molecule has 0 bridgehead atoms. The lowest BCUT2D eigenvalue weighted by atomic mass is 10.1. The summed E-state index contributed by atoms with van der Waals surface area (Å²) in [5.41, 5.74) is 1.47. The Morgan fingerprint density at radius 3 is 2.74 bits per heavy atom. The van der Waals surface area contributed by atoms with Crippen LogP contribution in [0.3, 0.4) is 0 Å². The van der Waals surface area contributed by atoms with Gasteiger partial charge in [0.05, 0.1) is 12.0 Å². The fourth-order valence-corrected chi connectivity index (χ4v) is 2.92. The van der Waals surface area contributed by atoms with Gasteiger partial charge < -0.3 is 9.88 Å². The van der Waals surface area contributed by atoms with Gasteiger partial charge in [-0.1, -0.05) is 0 Å². The molecule has 1 aliphatic heterocycles. The van der Waals surface area contributed by atoms with Gasteiger partial charge in [-0.05, 0) is 40.0 Å². The highest BCUT2D eigenvalue weighted by molar-refractivity contribution is 5.03. The summed E-state index contributed by atoms with van der Waals surface area (Å²) < 4.78 is 2.39. The molecule has 19 heavy (non-hydrogen) atoms. The van der Waals surface area contributed by atoms with Gasteiger partial charge in [0.25, 0.3) is 0 Å². The van der Waals surface area contributed by atoms with Crippen LogP contribution in [0.25, 0.3) is 0 Å². The summed E-state index contributed by atoms with van der Waals surface area (Å²) in [6.45, 7) is 10.0. The third-order valence-electron chi connectivity index (χ3n) is 4.20. The first-order valence-corrected chi connectivity index (χ1v) is 7.53. The summed E-state index contributed by atoms with van der Waals surface area (Å²) in [6.07, 6.45) is 8.12. The van der Waals surface area contributed by atoms with E-state index in [1.54, 1.807) is 0 Å². The summed E-state index contributed by atoms with van der Waals surface area (Å²) in [5.74, 6) is 0. The summed E-state index contributed by atoms with van der Waals surface area (Å²) >= 11 is 0. The first-order valence-electron chi connectivity index (χ1n) is 7.53. The monoisotopic (exact) mass is 262 g/mol. The van der Waals surface area contributed by atoms with Crippen LogP contribution in [-0.4, -0.2) is 39.1 Å². The van der Waals surface area contributed by atoms with E-state index in [0.717, 1.165) is 12.6 Å². The van der Waals surface area contributed by atoms with Crippen molar-refractivity contribution in [2.45, 2.75) is 64.2 Å². The molecule has 0 amide bonds. The molecule has 4 nitrogen and oxygen atoms in total. The lowest BCUT2D eigenvalue weighted by molar-refractivity contribution is 0.311. The highest BCUT2D eigenvalue weighted by Gasteiger charge is 2.35. The standard InChI is InChI=1S/C15H26N4/c1-15(2,3)17-9-14-8-16-11-19(14)13-6-7-18(10-13)12-4-5-12/h8,11-13,17H,4-7,9-10H2,1-3H3. The minimum absolute atomic E-state index is 0.158. The molecule has 1 atom stereocenters. The van der Waals surface area contributed by atoms with Crippen LogP contribution in [0.2, 0.25) is 0 Å². The first kappa shape index (κ1) is 13.1. The van der Waals surface area contributed by atoms with Crippen molar-refractivity contribution in [3.8, 4) is 0 Å². The van der Waals surface area contributed by atoms with E-state index in [1.165, 1.54) is 38.0 Å². The molecule has 1 saturated carbocycles. The Bertz CT molecular complexity index is 428. The normalized spacial score (nSPS) is 25.1. The Morgan fingerprint density at radius 2 is 2.05 bits per heavy atom. The molecule has 0 radical (unpaired) electrons. The predicted octanol–water partition coefficient (Wildman–Crippen LogP) is 2.18. The van der Waals surface area contributed by atoms with E-state index in [-0.39, 0.29) is 5.54 Å². The Hall–Kier alpha value is -0.870. The molecule has 4 heteroatoms. The number of rotatable bonds is 4. The van der Waals surface area contributed by atoms with E-state index in [1.807, 2.05) is 12.5 Å². The molecule has 1 aromatic heterocycles. The van der Waals surface area contributed by atoms with Gasteiger partial charge in [-0.25, -0.2) is 4.98 Å². The highest BCUT2D eigenvalue weighted by Crippen LogP contribution is 2.33. The van der Waals surface area contributed by atoms with Crippen molar-refractivity contribution in [3.05, 3.63) is 18.2 Å². The smallest absolute Gasteiger partial charge is 0.0951 e. The summed E-state index contributed by atoms with van der Waals surface area (Å²) in [5, 5.41) is 3.56. The van der Waals surface area contributed by atoms with Crippen molar-refractivity contribution in [3.63, 3.8) is 0 Å². The van der Waals surface area contributed by atoms with Crippen molar-refractivity contribution < 1.29 is 0 Å². The number of hydrogen-bond donors (Lipinski definition) is 1. The molecule has 1 aliphatic carbocycles. The number of likely N-dealkylation sites (tertiary alicyclic amines) is 1. The summed E-state index contributed by atoms with van der Waals surface area (Å²) in [6, 6.07) is 1.52. The molecule has 1 N–H and O–H groups in total. The van der Waals surface area contributed by atoms with Crippen molar-refractivity contribution in [1.82, 2.24) is 19.8 Å². The average Bonchev–Trinajstić information content (AvgIpc) is 2.91.